The summed E-state index contributed by atoms with van der Waals surface area (Å²) >= 11 is 0. The lowest BCUT2D eigenvalue weighted by atomic mass is 9.47. The fraction of sp³-hybridized carbons (Fsp3) is 0.926. The first kappa shape index (κ1) is 21.5. The second kappa shape index (κ2) is 7.06. The summed E-state index contributed by atoms with van der Waals surface area (Å²) in [5, 5.41) is 21.4. The van der Waals surface area contributed by atoms with Crippen LogP contribution < -0.4 is 0 Å². The Hall–Kier alpha value is -0.380. The van der Waals surface area contributed by atoms with Crippen molar-refractivity contribution in [3.05, 3.63) is 11.6 Å². The van der Waals surface area contributed by atoms with Crippen LogP contribution in [0.2, 0.25) is 0 Å². The van der Waals surface area contributed by atoms with Crippen molar-refractivity contribution in [3.8, 4) is 0 Å². The summed E-state index contributed by atoms with van der Waals surface area (Å²) in [6.07, 6.45) is 12.6. The lowest BCUT2D eigenvalue weighted by molar-refractivity contribution is -0.0693. The highest BCUT2D eigenvalue weighted by Crippen LogP contribution is 2.67. The van der Waals surface area contributed by atoms with Crippen LogP contribution in [0.15, 0.2) is 11.6 Å². The lowest BCUT2D eigenvalue weighted by Gasteiger charge is -2.58. The molecule has 0 aromatic heterocycles. The summed E-state index contributed by atoms with van der Waals surface area (Å²) in [5.41, 5.74) is 2.13. The minimum atomic E-state index is -0.330. The van der Waals surface area contributed by atoms with E-state index in [-0.39, 0.29) is 23.9 Å². The molecule has 4 aliphatic carbocycles. The molecule has 2 N–H and O–H groups in total. The molecule has 11 atom stereocenters. The molecule has 30 heavy (non-hydrogen) atoms. The van der Waals surface area contributed by atoms with Crippen LogP contribution in [0.1, 0.15) is 92.4 Å². The average Bonchev–Trinajstić information content (AvgIpc) is 3.28. The van der Waals surface area contributed by atoms with Crippen molar-refractivity contribution in [2.24, 2.45) is 40.4 Å². The molecule has 3 saturated carbocycles. The molecule has 0 aromatic carbocycles. The number of ether oxygens (including phenoxy) is 1. The summed E-state index contributed by atoms with van der Waals surface area (Å²) in [5.74, 6) is 3.28. The van der Waals surface area contributed by atoms with E-state index < -0.39 is 0 Å². The molecule has 5 aliphatic rings. The molecule has 0 unspecified atom stereocenters. The van der Waals surface area contributed by atoms with Gasteiger partial charge >= 0.3 is 0 Å². The van der Waals surface area contributed by atoms with E-state index in [0.717, 1.165) is 43.4 Å². The third-order valence-corrected chi connectivity index (χ3v) is 11.3. The van der Waals surface area contributed by atoms with E-state index in [1.807, 2.05) is 0 Å². The zero-order chi connectivity index (χ0) is 21.5. The van der Waals surface area contributed by atoms with Gasteiger partial charge in [-0.1, -0.05) is 39.3 Å². The standard InChI is InChI=1S/C27H44O3/c1-6-27(5)24(30-27)23(29)16(2)20-9-10-21-19-8-7-17-15-18(28)11-13-25(17,3)22(19)12-14-26(20,21)4/h7,16,18-24,28-29H,6,8-15H2,1-5H3/t16-,18-,19-,20+,21-,22-,23+,24+,25-,26+,27+/m0/s1. The van der Waals surface area contributed by atoms with Gasteiger partial charge in [0.2, 0.25) is 0 Å². The Labute approximate surface area is 183 Å². The molecule has 3 nitrogen and oxygen atoms in total. The van der Waals surface area contributed by atoms with E-state index in [9.17, 15) is 10.2 Å². The Balaban J connectivity index is 1.36. The van der Waals surface area contributed by atoms with Crippen LogP contribution in [0.25, 0.3) is 0 Å². The predicted octanol–water partition coefficient (Wildman–Crippen LogP) is 5.49. The maximum absolute atomic E-state index is 11.2. The smallest absolute Gasteiger partial charge is 0.113 e. The van der Waals surface area contributed by atoms with Crippen LogP contribution in [-0.4, -0.2) is 34.1 Å². The van der Waals surface area contributed by atoms with Gasteiger partial charge in [0.25, 0.3) is 0 Å². The van der Waals surface area contributed by atoms with Crippen LogP contribution in [0.4, 0.5) is 0 Å². The zero-order valence-corrected chi connectivity index (χ0v) is 19.9. The molecular formula is C27H44O3. The average molecular weight is 417 g/mol. The minimum Gasteiger partial charge on any atom is -0.393 e. The second-order valence-corrected chi connectivity index (χ2v) is 12.4. The molecule has 5 rings (SSSR count). The molecule has 1 saturated heterocycles. The van der Waals surface area contributed by atoms with E-state index in [4.69, 9.17) is 4.74 Å². The van der Waals surface area contributed by atoms with Crippen molar-refractivity contribution < 1.29 is 14.9 Å². The van der Waals surface area contributed by atoms with E-state index in [0.29, 0.717) is 22.7 Å². The number of allylic oxidation sites excluding steroid dienone is 1. The van der Waals surface area contributed by atoms with Gasteiger partial charge in [0.1, 0.15) is 6.10 Å². The highest BCUT2D eigenvalue weighted by molar-refractivity contribution is 5.25. The number of epoxide rings is 1. The van der Waals surface area contributed by atoms with Crippen LogP contribution in [0.5, 0.6) is 0 Å². The Bertz CT molecular complexity index is 717. The number of aliphatic hydroxyl groups is 2. The highest BCUT2D eigenvalue weighted by Gasteiger charge is 2.62. The van der Waals surface area contributed by atoms with Gasteiger partial charge in [0, 0.05) is 0 Å². The van der Waals surface area contributed by atoms with Crippen LogP contribution in [0.3, 0.4) is 0 Å². The van der Waals surface area contributed by atoms with Crippen molar-refractivity contribution in [3.63, 3.8) is 0 Å². The van der Waals surface area contributed by atoms with Crippen molar-refractivity contribution in [1.82, 2.24) is 0 Å². The summed E-state index contributed by atoms with van der Waals surface area (Å²) in [7, 11) is 0. The van der Waals surface area contributed by atoms with Crippen molar-refractivity contribution >= 4 is 0 Å². The molecular weight excluding hydrogens is 372 g/mol. The maximum Gasteiger partial charge on any atom is 0.113 e. The summed E-state index contributed by atoms with van der Waals surface area (Å²) in [6.45, 7) is 11.7. The summed E-state index contributed by atoms with van der Waals surface area (Å²) in [4.78, 5) is 0. The first-order valence-corrected chi connectivity index (χ1v) is 12.9. The first-order valence-electron chi connectivity index (χ1n) is 12.9. The van der Waals surface area contributed by atoms with E-state index in [2.05, 4.69) is 40.7 Å². The van der Waals surface area contributed by atoms with Crippen molar-refractivity contribution in [2.45, 2.75) is 116 Å². The third kappa shape index (κ3) is 2.94. The van der Waals surface area contributed by atoms with Crippen LogP contribution in [0, 0.1) is 40.4 Å². The predicted molar refractivity (Wildman–Crippen MR) is 120 cm³/mol. The largest absolute Gasteiger partial charge is 0.393 e. The fourth-order valence-electron chi connectivity index (χ4n) is 9.03. The van der Waals surface area contributed by atoms with Gasteiger partial charge in [0.15, 0.2) is 0 Å². The molecule has 3 heteroatoms. The van der Waals surface area contributed by atoms with Crippen molar-refractivity contribution in [2.75, 3.05) is 0 Å². The Morgan fingerprint density at radius 1 is 1.10 bits per heavy atom. The molecule has 1 aliphatic heterocycles. The molecule has 0 bridgehead atoms. The van der Waals surface area contributed by atoms with Crippen molar-refractivity contribution in [1.29, 1.82) is 0 Å². The normalized spacial score (nSPS) is 54.4. The number of rotatable bonds is 4. The van der Waals surface area contributed by atoms with Gasteiger partial charge in [-0.3, -0.25) is 0 Å². The highest BCUT2D eigenvalue weighted by atomic mass is 16.6. The molecule has 0 amide bonds. The van der Waals surface area contributed by atoms with Crippen LogP contribution >= 0.6 is 0 Å². The van der Waals surface area contributed by atoms with Gasteiger partial charge < -0.3 is 14.9 Å². The molecule has 0 aromatic rings. The Kier molecular flexibility index (Phi) is 5.05. The first-order chi connectivity index (χ1) is 14.1. The molecule has 4 fully saturated rings. The van der Waals surface area contributed by atoms with Gasteiger partial charge in [-0.2, -0.15) is 0 Å². The molecule has 1 heterocycles. The quantitative estimate of drug-likeness (QED) is 0.470. The van der Waals surface area contributed by atoms with Gasteiger partial charge in [-0.05, 0) is 105 Å². The summed E-state index contributed by atoms with van der Waals surface area (Å²) in [6, 6.07) is 0. The van der Waals surface area contributed by atoms with Crippen LogP contribution in [-0.2, 0) is 4.74 Å². The van der Waals surface area contributed by atoms with Gasteiger partial charge in [-0.15, -0.1) is 0 Å². The molecule has 170 valence electrons. The molecule has 0 spiro atoms. The minimum absolute atomic E-state index is 0.0317. The van der Waals surface area contributed by atoms with Gasteiger partial charge in [0.05, 0.1) is 17.8 Å². The Morgan fingerprint density at radius 2 is 1.87 bits per heavy atom. The van der Waals surface area contributed by atoms with E-state index >= 15 is 0 Å². The number of aliphatic hydroxyl groups excluding tert-OH is 2. The SMILES string of the molecule is CC[C@@]1(C)O[C@@H]1[C@H](O)[C@@H](C)[C@H]1CC[C@H]2[C@@H]3CC=C4C[C@@H](O)CC[C@]4(C)[C@H]3CC[C@]12C. The topological polar surface area (TPSA) is 53.0 Å². The fourth-order valence-corrected chi connectivity index (χ4v) is 9.03. The Morgan fingerprint density at radius 3 is 2.57 bits per heavy atom. The van der Waals surface area contributed by atoms with Gasteiger partial charge in [-0.25, -0.2) is 0 Å². The second-order valence-electron chi connectivity index (χ2n) is 12.4. The zero-order valence-electron chi connectivity index (χ0n) is 19.9. The number of hydrogen-bond donors (Lipinski definition) is 2. The third-order valence-electron chi connectivity index (χ3n) is 11.3. The summed E-state index contributed by atoms with van der Waals surface area (Å²) < 4.78 is 5.95. The maximum atomic E-state index is 11.2. The number of hydrogen-bond acceptors (Lipinski definition) is 3. The monoisotopic (exact) mass is 416 g/mol. The molecule has 0 radical (unpaired) electrons. The lowest BCUT2D eigenvalue weighted by Crippen LogP contribution is -2.51. The van der Waals surface area contributed by atoms with E-state index in [1.165, 1.54) is 32.1 Å². The number of fused-ring (bicyclic) bond motifs is 5. The van der Waals surface area contributed by atoms with E-state index in [1.54, 1.807) is 5.57 Å².